The normalized spacial score (nSPS) is 19.1. The van der Waals surface area contributed by atoms with Crippen LogP contribution in [0, 0.1) is 0 Å². The summed E-state index contributed by atoms with van der Waals surface area (Å²) in [7, 11) is 1.66. The van der Waals surface area contributed by atoms with E-state index in [4.69, 9.17) is 9.72 Å². The summed E-state index contributed by atoms with van der Waals surface area (Å²) in [6.07, 6.45) is 4.18. The quantitative estimate of drug-likeness (QED) is 0.707. The van der Waals surface area contributed by atoms with Gasteiger partial charge in [0.05, 0.1) is 18.5 Å². The van der Waals surface area contributed by atoms with Gasteiger partial charge in [0, 0.05) is 57.2 Å². The predicted octanol–water partition coefficient (Wildman–Crippen LogP) is 2.44. The maximum atomic E-state index is 5.23. The average molecular weight is 351 g/mol. The molecule has 0 radical (unpaired) electrons. The number of methoxy groups -OCH3 is 1. The molecular formula is C20H25N5O. The van der Waals surface area contributed by atoms with Crippen molar-refractivity contribution in [2.45, 2.75) is 26.1 Å². The number of piperazine rings is 1. The SMILES string of the molecule is COc1cccc(CN2CCN(Cc3cn4ccccc4n3)CC2C)n1. The molecule has 26 heavy (non-hydrogen) atoms. The van der Waals surface area contributed by atoms with Gasteiger partial charge < -0.3 is 9.14 Å². The lowest BCUT2D eigenvalue weighted by Crippen LogP contribution is -2.51. The summed E-state index contributed by atoms with van der Waals surface area (Å²) in [6.45, 7) is 7.17. The Morgan fingerprint density at radius 2 is 1.96 bits per heavy atom. The van der Waals surface area contributed by atoms with E-state index in [1.807, 2.05) is 36.5 Å². The molecule has 0 bridgehead atoms. The van der Waals surface area contributed by atoms with E-state index in [1.165, 1.54) is 0 Å². The second-order valence-electron chi connectivity index (χ2n) is 6.92. The van der Waals surface area contributed by atoms with Crippen LogP contribution in [0.1, 0.15) is 18.3 Å². The number of pyridine rings is 2. The summed E-state index contributed by atoms with van der Waals surface area (Å²) in [5, 5.41) is 0. The van der Waals surface area contributed by atoms with E-state index < -0.39 is 0 Å². The number of rotatable bonds is 5. The monoisotopic (exact) mass is 351 g/mol. The Hall–Kier alpha value is -2.44. The third kappa shape index (κ3) is 3.71. The molecule has 4 heterocycles. The lowest BCUT2D eigenvalue weighted by molar-refractivity contribution is 0.0716. The Balaban J connectivity index is 1.36. The second-order valence-corrected chi connectivity index (χ2v) is 6.92. The van der Waals surface area contributed by atoms with Gasteiger partial charge in [-0.05, 0) is 25.1 Å². The summed E-state index contributed by atoms with van der Waals surface area (Å²) in [4.78, 5) is 14.2. The van der Waals surface area contributed by atoms with Gasteiger partial charge in [0.15, 0.2) is 0 Å². The summed E-state index contributed by atoms with van der Waals surface area (Å²) in [5.74, 6) is 0.681. The van der Waals surface area contributed by atoms with E-state index in [0.29, 0.717) is 11.9 Å². The molecular weight excluding hydrogens is 326 g/mol. The number of hydrogen-bond acceptors (Lipinski definition) is 5. The average Bonchev–Trinajstić information content (AvgIpc) is 3.06. The molecule has 0 amide bonds. The number of imidazole rings is 1. The predicted molar refractivity (Wildman–Crippen MR) is 101 cm³/mol. The third-order valence-corrected chi connectivity index (χ3v) is 5.00. The highest BCUT2D eigenvalue weighted by Crippen LogP contribution is 2.17. The number of aromatic nitrogens is 3. The molecule has 6 heteroatoms. The van der Waals surface area contributed by atoms with Gasteiger partial charge in [-0.2, -0.15) is 0 Å². The van der Waals surface area contributed by atoms with Gasteiger partial charge in [0.25, 0.3) is 0 Å². The van der Waals surface area contributed by atoms with Crippen LogP contribution >= 0.6 is 0 Å². The lowest BCUT2D eigenvalue weighted by atomic mass is 10.1. The molecule has 0 spiro atoms. The molecule has 136 valence electrons. The molecule has 6 nitrogen and oxygen atoms in total. The zero-order chi connectivity index (χ0) is 17.9. The van der Waals surface area contributed by atoms with Crippen molar-refractivity contribution in [3.05, 3.63) is 60.2 Å². The van der Waals surface area contributed by atoms with E-state index in [2.05, 4.69) is 38.4 Å². The molecule has 1 atom stereocenters. The molecule has 1 fully saturated rings. The molecule has 1 aliphatic rings. The van der Waals surface area contributed by atoms with Crippen molar-refractivity contribution in [3.63, 3.8) is 0 Å². The maximum Gasteiger partial charge on any atom is 0.213 e. The van der Waals surface area contributed by atoms with Gasteiger partial charge in [-0.15, -0.1) is 0 Å². The molecule has 1 aliphatic heterocycles. The van der Waals surface area contributed by atoms with Crippen LogP contribution in [0.2, 0.25) is 0 Å². The first-order valence-electron chi connectivity index (χ1n) is 9.10. The first-order valence-corrected chi connectivity index (χ1v) is 9.10. The van der Waals surface area contributed by atoms with Gasteiger partial charge in [0.1, 0.15) is 5.65 Å². The van der Waals surface area contributed by atoms with Gasteiger partial charge in [-0.1, -0.05) is 12.1 Å². The fourth-order valence-corrected chi connectivity index (χ4v) is 3.61. The zero-order valence-electron chi connectivity index (χ0n) is 15.4. The molecule has 0 aliphatic carbocycles. The minimum absolute atomic E-state index is 0.480. The fourth-order valence-electron chi connectivity index (χ4n) is 3.61. The van der Waals surface area contributed by atoms with Crippen LogP contribution in [0.25, 0.3) is 5.65 Å². The molecule has 0 saturated carbocycles. The molecule has 1 saturated heterocycles. The van der Waals surface area contributed by atoms with Crippen LogP contribution in [0.3, 0.4) is 0 Å². The van der Waals surface area contributed by atoms with Crippen molar-refractivity contribution >= 4 is 5.65 Å². The Kier molecular flexibility index (Phi) is 4.86. The van der Waals surface area contributed by atoms with Gasteiger partial charge in [-0.25, -0.2) is 9.97 Å². The Morgan fingerprint density at radius 1 is 1.04 bits per heavy atom. The first-order chi connectivity index (χ1) is 12.7. The zero-order valence-corrected chi connectivity index (χ0v) is 15.4. The fraction of sp³-hybridized carbons (Fsp3) is 0.400. The minimum Gasteiger partial charge on any atom is -0.481 e. The van der Waals surface area contributed by atoms with Crippen LogP contribution in [-0.2, 0) is 13.1 Å². The van der Waals surface area contributed by atoms with Crippen molar-refractivity contribution in [3.8, 4) is 5.88 Å². The topological polar surface area (TPSA) is 45.9 Å². The van der Waals surface area contributed by atoms with E-state index >= 15 is 0 Å². The molecule has 4 rings (SSSR count). The van der Waals surface area contributed by atoms with Crippen molar-refractivity contribution in [2.24, 2.45) is 0 Å². The van der Waals surface area contributed by atoms with Crippen molar-refractivity contribution in [1.82, 2.24) is 24.2 Å². The van der Waals surface area contributed by atoms with Crippen LogP contribution < -0.4 is 4.74 Å². The second kappa shape index (κ2) is 7.43. The molecule has 0 N–H and O–H groups in total. The van der Waals surface area contributed by atoms with Gasteiger partial charge in [0.2, 0.25) is 5.88 Å². The highest BCUT2D eigenvalue weighted by atomic mass is 16.5. The van der Waals surface area contributed by atoms with Crippen molar-refractivity contribution < 1.29 is 4.74 Å². The highest BCUT2D eigenvalue weighted by Gasteiger charge is 2.24. The minimum atomic E-state index is 0.480. The van der Waals surface area contributed by atoms with Crippen LogP contribution in [-0.4, -0.2) is 57.0 Å². The number of ether oxygens (including phenoxy) is 1. The van der Waals surface area contributed by atoms with Crippen LogP contribution in [0.4, 0.5) is 0 Å². The number of nitrogens with zero attached hydrogens (tertiary/aromatic N) is 5. The highest BCUT2D eigenvalue weighted by molar-refractivity contribution is 5.39. The Labute approximate surface area is 154 Å². The van der Waals surface area contributed by atoms with E-state index in [9.17, 15) is 0 Å². The molecule has 0 aromatic carbocycles. The smallest absolute Gasteiger partial charge is 0.213 e. The van der Waals surface area contributed by atoms with Crippen LogP contribution in [0.5, 0.6) is 5.88 Å². The van der Waals surface area contributed by atoms with Crippen LogP contribution in [0.15, 0.2) is 48.8 Å². The first kappa shape index (κ1) is 17.0. The largest absolute Gasteiger partial charge is 0.481 e. The molecule has 3 aromatic heterocycles. The maximum absolute atomic E-state index is 5.23. The number of fused-ring (bicyclic) bond motifs is 1. The number of hydrogen-bond donors (Lipinski definition) is 0. The van der Waals surface area contributed by atoms with Crippen molar-refractivity contribution in [2.75, 3.05) is 26.7 Å². The van der Waals surface area contributed by atoms with E-state index in [0.717, 1.165) is 49.8 Å². The standard InChI is InChI=1S/C20H25N5O/c1-16-12-23(13-18-15-25-9-4-3-7-19(25)21-18)10-11-24(16)14-17-6-5-8-20(22-17)26-2/h3-9,15-16H,10-14H2,1-2H3. The molecule has 1 unspecified atom stereocenters. The summed E-state index contributed by atoms with van der Waals surface area (Å²) in [6, 6.07) is 12.5. The van der Waals surface area contributed by atoms with Crippen molar-refractivity contribution in [1.29, 1.82) is 0 Å². The van der Waals surface area contributed by atoms with E-state index in [1.54, 1.807) is 7.11 Å². The Bertz CT molecular complexity index is 844. The van der Waals surface area contributed by atoms with E-state index in [-0.39, 0.29) is 0 Å². The molecule has 3 aromatic rings. The summed E-state index contributed by atoms with van der Waals surface area (Å²) < 4.78 is 7.32. The summed E-state index contributed by atoms with van der Waals surface area (Å²) in [5.41, 5.74) is 3.20. The Morgan fingerprint density at radius 3 is 2.77 bits per heavy atom. The van der Waals surface area contributed by atoms with Gasteiger partial charge in [-0.3, -0.25) is 9.80 Å². The van der Waals surface area contributed by atoms with Gasteiger partial charge >= 0.3 is 0 Å². The third-order valence-electron chi connectivity index (χ3n) is 5.00. The summed E-state index contributed by atoms with van der Waals surface area (Å²) >= 11 is 0. The lowest BCUT2D eigenvalue weighted by Gasteiger charge is -2.39.